The topological polar surface area (TPSA) is 50.5 Å². The largest absolute Gasteiger partial charge is 0.497 e. The Kier molecular flexibility index (Phi) is 6.23. The molecule has 0 unspecified atom stereocenters. The number of hydrogen-bond donors (Lipinski definition) is 1. The Morgan fingerprint density at radius 2 is 1.90 bits per heavy atom. The Balaban J connectivity index is 1.39. The maximum Gasteiger partial charge on any atom is 0.168 e. The van der Waals surface area contributed by atoms with Crippen molar-refractivity contribution in [2.24, 2.45) is 7.05 Å². The molecule has 1 atom stereocenters. The van der Waals surface area contributed by atoms with Gasteiger partial charge in [0.15, 0.2) is 5.16 Å². The predicted molar refractivity (Wildman–Crippen MR) is 116 cm³/mol. The van der Waals surface area contributed by atoms with Crippen LogP contribution < -0.4 is 4.74 Å². The lowest BCUT2D eigenvalue weighted by atomic mass is 10.1. The zero-order valence-corrected chi connectivity index (χ0v) is 17.7. The van der Waals surface area contributed by atoms with E-state index in [0.717, 1.165) is 47.4 Å². The van der Waals surface area contributed by atoms with Crippen molar-refractivity contribution in [1.29, 1.82) is 0 Å². The van der Waals surface area contributed by atoms with Crippen molar-refractivity contribution in [2.45, 2.75) is 30.0 Å². The van der Waals surface area contributed by atoms with E-state index in [-0.39, 0.29) is 0 Å². The SMILES string of the molecule is COc1ccc([C@@H](O)CN2CCc3c(nc(SCc4ccccc4)n3C)C2)cc1. The van der Waals surface area contributed by atoms with Gasteiger partial charge in [-0.05, 0) is 23.3 Å². The predicted octanol–water partition coefficient (Wildman–Crippen LogP) is 3.81. The van der Waals surface area contributed by atoms with Crippen LogP contribution >= 0.6 is 11.8 Å². The highest BCUT2D eigenvalue weighted by Crippen LogP contribution is 2.28. The summed E-state index contributed by atoms with van der Waals surface area (Å²) in [4.78, 5) is 7.19. The summed E-state index contributed by atoms with van der Waals surface area (Å²) < 4.78 is 7.43. The first kappa shape index (κ1) is 20.0. The first-order valence-corrected chi connectivity index (χ1v) is 10.9. The number of benzene rings is 2. The van der Waals surface area contributed by atoms with E-state index >= 15 is 0 Å². The van der Waals surface area contributed by atoms with Gasteiger partial charge in [-0.3, -0.25) is 4.90 Å². The lowest BCUT2D eigenvalue weighted by Gasteiger charge is -2.28. The molecule has 1 aromatic heterocycles. The Morgan fingerprint density at radius 3 is 2.62 bits per heavy atom. The van der Waals surface area contributed by atoms with Gasteiger partial charge in [0.2, 0.25) is 0 Å². The van der Waals surface area contributed by atoms with E-state index in [1.54, 1.807) is 18.9 Å². The molecule has 0 bridgehead atoms. The van der Waals surface area contributed by atoms with Crippen LogP contribution in [-0.2, 0) is 25.8 Å². The van der Waals surface area contributed by atoms with Gasteiger partial charge >= 0.3 is 0 Å². The maximum atomic E-state index is 10.6. The summed E-state index contributed by atoms with van der Waals surface area (Å²) in [6.45, 7) is 2.32. The van der Waals surface area contributed by atoms with Gasteiger partial charge < -0.3 is 14.4 Å². The Labute approximate surface area is 176 Å². The van der Waals surface area contributed by atoms with Crippen molar-refractivity contribution in [1.82, 2.24) is 14.5 Å². The molecule has 0 radical (unpaired) electrons. The van der Waals surface area contributed by atoms with Crippen LogP contribution in [0.5, 0.6) is 5.75 Å². The van der Waals surface area contributed by atoms with Crippen LogP contribution in [0.25, 0.3) is 0 Å². The molecule has 1 aliphatic heterocycles. The molecule has 0 saturated carbocycles. The van der Waals surface area contributed by atoms with Crippen LogP contribution in [0.4, 0.5) is 0 Å². The van der Waals surface area contributed by atoms with Gasteiger partial charge in [-0.25, -0.2) is 4.98 Å². The Morgan fingerprint density at radius 1 is 1.14 bits per heavy atom. The number of fused-ring (bicyclic) bond motifs is 1. The maximum absolute atomic E-state index is 10.6. The number of hydrogen-bond acceptors (Lipinski definition) is 5. The molecule has 0 amide bonds. The number of nitrogens with zero attached hydrogens (tertiary/aromatic N) is 3. The fraction of sp³-hybridized carbons (Fsp3) is 0.348. The number of aliphatic hydroxyl groups is 1. The highest BCUT2D eigenvalue weighted by Gasteiger charge is 2.24. The quantitative estimate of drug-likeness (QED) is 0.602. The van der Waals surface area contributed by atoms with E-state index in [1.807, 2.05) is 30.3 Å². The van der Waals surface area contributed by atoms with Gasteiger partial charge in [-0.2, -0.15) is 0 Å². The van der Waals surface area contributed by atoms with Crippen LogP contribution in [0.15, 0.2) is 59.8 Å². The minimum absolute atomic E-state index is 0.516. The standard InChI is InChI=1S/C23H27N3O2S/c1-25-21-12-13-26(15-22(27)18-8-10-19(28-2)11-9-18)14-20(21)24-23(25)29-16-17-6-4-3-5-7-17/h3-11,22,27H,12-16H2,1-2H3/t22-/m0/s1. The molecule has 0 saturated heterocycles. The number of thioether (sulfide) groups is 1. The average Bonchev–Trinajstić information content (AvgIpc) is 3.08. The third-order valence-corrected chi connectivity index (χ3v) is 6.54. The zero-order chi connectivity index (χ0) is 20.2. The van der Waals surface area contributed by atoms with E-state index in [0.29, 0.717) is 6.54 Å². The fourth-order valence-electron chi connectivity index (χ4n) is 3.74. The van der Waals surface area contributed by atoms with E-state index in [1.165, 1.54) is 11.3 Å². The summed E-state index contributed by atoms with van der Waals surface area (Å²) in [5.74, 6) is 1.72. The fourth-order valence-corrected chi connectivity index (χ4v) is 4.71. The van der Waals surface area contributed by atoms with Crippen LogP contribution in [0.3, 0.4) is 0 Å². The van der Waals surface area contributed by atoms with Gasteiger partial charge in [0, 0.05) is 44.5 Å². The van der Waals surface area contributed by atoms with E-state index in [9.17, 15) is 5.11 Å². The summed E-state index contributed by atoms with van der Waals surface area (Å²) in [6.07, 6.45) is 0.443. The van der Waals surface area contributed by atoms with Gasteiger partial charge in [0.25, 0.3) is 0 Å². The molecule has 2 aromatic carbocycles. The summed E-state index contributed by atoms with van der Waals surface area (Å²) in [6, 6.07) is 18.1. The summed E-state index contributed by atoms with van der Waals surface area (Å²) in [7, 11) is 3.76. The number of aliphatic hydroxyl groups excluding tert-OH is 1. The average molecular weight is 410 g/mol. The molecule has 152 valence electrons. The molecule has 1 N–H and O–H groups in total. The second kappa shape index (κ2) is 9.03. The van der Waals surface area contributed by atoms with E-state index in [4.69, 9.17) is 9.72 Å². The number of aromatic nitrogens is 2. The molecule has 3 aromatic rings. The minimum atomic E-state index is -0.516. The highest BCUT2D eigenvalue weighted by atomic mass is 32.2. The second-order valence-electron chi connectivity index (χ2n) is 7.40. The second-order valence-corrected chi connectivity index (χ2v) is 8.34. The first-order chi connectivity index (χ1) is 14.1. The number of β-amino-alcohol motifs (C(OH)–C–C–N with tert-alkyl or cyclic N) is 1. The van der Waals surface area contributed by atoms with Crippen molar-refractivity contribution in [3.05, 3.63) is 77.1 Å². The van der Waals surface area contributed by atoms with Gasteiger partial charge in [0.1, 0.15) is 5.75 Å². The number of ether oxygens (including phenoxy) is 1. The lowest BCUT2D eigenvalue weighted by Crippen LogP contribution is -2.34. The third kappa shape index (κ3) is 4.66. The molecular formula is C23H27N3O2S. The summed E-state index contributed by atoms with van der Waals surface area (Å²) >= 11 is 1.78. The van der Waals surface area contributed by atoms with Gasteiger partial charge in [-0.15, -0.1) is 0 Å². The molecule has 0 aliphatic carbocycles. The zero-order valence-electron chi connectivity index (χ0n) is 16.9. The van der Waals surface area contributed by atoms with Crippen LogP contribution in [0.2, 0.25) is 0 Å². The van der Waals surface area contributed by atoms with E-state index < -0.39 is 6.10 Å². The highest BCUT2D eigenvalue weighted by molar-refractivity contribution is 7.98. The molecule has 6 heteroatoms. The van der Waals surface area contributed by atoms with Gasteiger partial charge in [0.05, 0.1) is 18.9 Å². The monoisotopic (exact) mass is 409 g/mol. The van der Waals surface area contributed by atoms with Crippen molar-refractivity contribution in [2.75, 3.05) is 20.2 Å². The molecule has 2 heterocycles. The molecule has 29 heavy (non-hydrogen) atoms. The number of methoxy groups -OCH3 is 1. The van der Waals surface area contributed by atoms with Crippen molar-refractivity contribution in [3.63, 3.8) is 0 Å². The lowest BCUT2D eigenvalue weighted by molar-refractivity contribution is 0.104. The smallest absolute Gasteiger partial charge is 0.168 e. The number of imidazole rings is 1. The van der Waals surface area contributed by atoms with Crippen LogP contribution in [0, 0.1) is 0 Å². The van der Waals surface area contributed by atoms with Crippen molar-refractivity contribution in [3.8, 4) is 5.75 Å². The van der Waals surface area contributed by atoms with Gasteiger partial charge in [-0.1, -0.05) is 54.2 Å². The minimum Gasteiger partial charge on any atom is -0.497 e. The van der Waals surface area contributed by atoms with Crippen molar-refractivity contribution >= 4 is 11.8 Å². The van der Waals surface area contributed by atoms with Crippen LogP contribution in [0.1, 0.15) is 28.6 Å². The molecular weight excluding hydrogens is 382 g/mol. The molecule has 4 rings (SSSR count). The molecule has 0 fully saturated rings. The summed E-state index contributed by atoms with van der Waals surface area (Å²) in [5.41, 5.74) is 4.67. The first-order valence-electron chi connectivity index (χ1n) is 9.89. The molecule has 5 nitrogen and oxygen atoms in total. The number of rotatable bonds is 7. The Hall–Kier alpha value is -2.28. The molecule has 1 aliphatic rings. The normalized spacial score (nSPS) is 15.1. The molecule has 0 spiro atoms. The Bertz CT molecular complexity index is 941. The van der Waals surface area contributed by atoms with E-state index in [2.05, 4.69) is 40.8 Å². The third-order valence-electron chi connectivity index (χ3n) is 5.44. The van der Waals surface area contributed by atoms with Crippen LogP contribution in [-0.4, -0.2) is 39.8 Å². The summed E-state index contributed by atoms with van der Waals surface area (Å²) in [5, 5.41) is 11.7. The van der Waals surface area contributed by atoms with Crippen molar-refractivity contribution < 1.29 is 9.84 Å².